The lowest BCUT2D eigenvalue weighted by atomic mass is 10.1. The molecule has 2 N–H and O–H groups in total. The van der Waals surface area contributed by atoms with Gasteiger partial charge in [0.1, 0.15) is 5.82 Å². The second kappa shape index (κ2) is 5.87. The summed E-state index contributed by atoms with van der Waals surface area (Å²) in [4.78, 5) is 0. The van der Waals surface area contributed by atoms with Gasteiger partial charge in [0.25, 0.3) is 0 Å². The molecular weight excluding hydrogens is 233 g/mol. The van der Waals surface area contributed by atoms with Gasteiger partial charge < -0.3 is 5.73 Å². The van der Waals surface area contributed by atoms with E-state index in [1.165, 1.54) is 31.7 Å². The molecule has 1 atom stereocenters. The summed E-state index contributed by atoms with van der Waals surface area (Å²) in [6.07, 6.45) is 5.39. The number of nitrogens with two attached hydrogens (primary N) is 1. The first kappa shape index (κ1) is 12.9. The van der Waals surface area contributed by atoms with E-state index in [-0.39, 0.29) is 11.9 Å². The smallest absolute Gasteiger partial charge is 0.126 e. The van der Waals surface area contributed by atoms with Crippen LogP contribution in [0.25, 0.3) is 0 Å². The van der Waals surface area contributed by atoms with Crippen LogP contribution in [-0.4, -0.2) is 11.0 Å². The minimum Gasteiger partial charge on any atom is -0.323 e. The Labute approximate surface area is 107 Å². The molecule has 0 heterocycles. The molecule has 1 saturated carbocycles. The monoisotopic (exact) mass is 253 g/mol. The normalized spacial score (nSPS) is 18.5. The highest BCUT2D eigenvalue weighted by Gasteiger charge is 2.17. The molecule has 0 spiro atoms. The summed E-state index contributed by atoms with van der Waals surface area (Å²) >= 11 is 1.98. The highest BCUT2D eigenvalue weighted by molar-refractivity contribution is 7.99. The van der Waals surface area contributed by atoms with Gasteiger partial charge in [-0.2, -0.15) is 11.8 Å². The summed E-state index contributed by atoms with van der Waals surface area (Å²) in [6.45, 7) is 1.79. The maximum atomic E-state index is 13.1. The van der Waals surface area contributed by atoms with E-state index in [1.54, 1.807) is 6.92 Å². The van der Waals surface area contributed by atoms with Crippen LogP contribution in [0.3, 0.4) is 0 Å². The number of benzene rings is 1. The fourth-order valence-corrected chi connectivity index (χ4v) is 3.63. The lowest BCUT2D eigenvalue weighted by molar-refractivity contribution is 0.616. The van der Waals surface area contributed by atoms with E-state index in [1.807, 2.05) is 23.9 Å². The fraction of sp³-hybridized carbons (Fsp3) is 0.571. The molecule has 17 heavy (non-hydrogen) atoms. The van der Waals surface area contributed by atoms with Gasteiger partial charge in [0.05, 0.1) is 0 Å². The Morgan fingerprint density at radius 1 is 1.41 bits per heavy atom. The average molecular weight is 253 g/mol. The molecule has 2 rings (SSSR count). The van der Waals surface area contributed by atoms with E-state index < -0.39 is 0 Å². The van der Waals surface area contributed by atoms with Crippen LogP contribution in [0.5, 0.6) is 0 Å². The van der Waals surface area contributed by atoms with Crippen LogP contribution in [0.2, 0.25) is 0 Å². The highest BCUT2D eigenvalue weighted by atomic mass is 32.2. The molecule has 94 valence electrons. The number of hydrogen-bond donors (Lipinski definition) is 1. The first-order valence-electron chi connectivity index (χ1n) is 6.30. The topological polar surface area (TPSA) is 26.0 Å². The highest BCUT2D eigenvalue weighted by Crippen LogP contribution is 2.31. The molecule has 0 aromatic heterocycles. The van der Waals surface area contributed by atoms with Gasteiger partial charge in [-0.3, -0.25) is 0 Å². The van der Waals surface area contributed by atoms with Crippen molar-refractivity contribution in [3.8, 4) is 0 Å². The molecule has 1 aliphatic rings. The van der Waals surface area contributed by atoms with Gasteiger partial charge in [-0.15, -0.1) is 0 Å². The van der Waals surface area contributed by atoms with Crippen molar-refractivity contribution in [2.45, 2.75) is 43.9 Å². The molecule has 1 fully saturated rings. The van der Waals surface area contributed by atoms with Crippen LogP contribution in [0.1, 0.15) is 42.9 Å². The van der Waals surface area contributed by atoms with Crippen molar-refractivity contribution in [1.82, 2.24) is 0 Å². The molecule has 1 aromatic carbocycles. The molecule has 0 radical (unpaired) electrons. The molecular formula is C14H20FNS. The van der Waals surface area contributed by atoms with Gasteiger partial charge in [0, 0.05) is 17.0 Å². The Morgan fingerprint density at radius 2 is 2.12 bits per heavy atom. The summed E-state index contributed by atoms with van der Waals surface area (Å²) in [6, 6.07) is 5.22. The maximum Gasteiger partial charge on any atom is 0.126 e. The van der Waals surface area contributed by atoms with Crippen LogP contribution in [0.4, 0.5) is 4.39 Å². The zero-order chi connectivity index (χ0) is 12.3. The van der Waals surface area contributed by atoms with Crippen LogP contribution in [0, 0.1) is 12.7 Å². The van der Waals surface area contributed by atoms with E-state index in [0.717, 1.165) is 16.6 Å². The molecule has 0 aliphatic heterocycles. The standard InChI is InChI=1S/C14H20FNS/c1-10-8-11(6-7-13(10)15)14(16)9-17-12-4-2-3-5-12/h6-8,12,14H,2-5,9,16H2,1H3. The Balaban J connectivity index is 1.89. The molecule has 0 bridgehead atoms. The first-order valence-corrected chi connectivity index (χ1v) is 7.35. The van der Waals surface area contributed by atoms with Crippen molar-refractivity contribution in [3.63, 3.8) is 0 Å². The van der Waals surface area contributed by atoms with E-state index in [9.17, 15) is 4.39 Å². The summed E-state index contributed by atoms with van der Waals surface area (Å²) in [7, 11) is 0. The number of thioether (sulfide) groups is 1. The van der Waals surface area contributed by atoms with Crippen molar-refractivity contribution >= 4 is 11.8 Å². The van der Waals surface area contributed by atoms with Crippen molar-refractivity contribution in [2.24, 2.45) is 5.73 Å². The summed E-state index contributed by atoms with van der Waals surface area (Å²) in [5, 5.41) is 0.794. The van der Waals surface area contributed by atoms with Gasteiger partial charge in [0.2, 0.25) is 0 Å². The molecule has 1 unspecified atom stereocenters. The van der Waals surface area contributed by atoms with Gasteiger partial charge >= 0.3 is 0 Å². The van der Waals surface area contributed by atoms with Crippen molar-refractivity contribution in [3.05, 3.63) is 35.1 Å². The van der Waals surface area contributed by atoms with Crippen molar-refractivity contribution in [2.75, 3.05) is 5.75 Å². The van der Waals surface area contributed by atoms with Crippen LogP contribution in [0.15, 0.2) is 18.2 Å². The molecule has 0 amide bonds. The fourth-order valence-electron chi connectivity index (χ4n) is 2.29. The maximum absolute atomic E-state index is 13.1. The Bertz CT molecular complexity index is 374. The number of halogens is 1. The SMILES string of the molecule is Cc1cc(C(N)CSC2CCCC2)ccc1F. The van der Waals surface area contributed by atoms with Gasteiger partial charge in [-0.25, -0.2) is 4.39 Å². The van der Waals surface area contributed by atoms with E-state index in [0.29, 0.717) is 5.56 Å². The van der Waals surface area contributed by atoms with Gasteiger partial charge in [0.15, 0.2) is 0 Å². The minimum absolute atomic E-state index is 0.0277. The van der Waals surface area contributed by atoms with Gasteiger partial charge in [-0.05, 0) is 37.0 Å². The quantitative estimate of drug-likeness (QED) is 0.883. The molecule has 3 heteroatoms. The minimum atomic E-state index is -0.149. The summed E-state index contributed by atoms with van der Waals surface area (Å²) < 4.78 is 13.1. The third kappa shape index (κ3) is 3.46. The summed E-state index contributed by atoms with van der Waals surface area (Å²) in [5.41, 5.74) is 7.88. The number of aryl methyl sites for hydroxylation is 1. The second-order valence-corrected chi connectivity index (χ2v) is 6.19. The lowest BCUT2D eigenvalue weighted by Gasteiger charge is -2.15. The van der Waals surface area contributed by atoms with E-state index >= 15 is 0 Å². The Hall–Kier alpha value is -0.540. The number of rotatable bonds is 4. The Kier molecular flexibility index (Phi) is 4.46. The van der Waals surface area contributed by atoms with Crippen molar-refractivity contribution < 1.29 is 4.39 Å². The predicted molar refractivity (Wildman–Crippen MR) is 72.8 cm³/mol. The number of hydrogen-bond acceptors (Lipinski definition) is 2. The van der Waals surface area contributed by atoms with Crippen molar-refractivity contribution in [1.29, 1.82) is 0 Å². The van der Waals surface area contributed by atoms with Crippen LogP contribution in [-0.2, 0) is 0 Å². The van der Waals surface area contributed by atoms with E-state index in [4.69, 9.17) is 5.73 Å². The molecule has 1 nitrogen and oxygen atoms in total. The van der Waals surface area contributed by atoms with Gasteiger partial charge in [-0.1, -0.05) is 25.0 Å². The van der Waals surface area contributed by atoms with Crippen LogP contribution < -0.4 is 5.73 Å². The zero-order valence-corrected chi connectivity index (χ0v) is 11.1. The molecule has 0 saturated heterocycles. The summed E-state index contributed by atoms with van der Waals surface area (Å²) in [5.74, 6) is 0.792. The van der Waals surface area contributed by atoms with Crippen LogP contribution >= 0.6 is 11.8 Å². The zero-order valence-electron chi connectivity index (χ0n) is 10.3. The second-order valence-electron chi connectivity index (χ2n) is 4.85. The molecule has 1 aromatic rings. The van der Waals surface area contributed by atoms with E-state index in [2.05, 4.69) is 0 Å². The largest absolute Gasteiger partial charge is 0.323 e. The first-order chi connectivity index (χ1) is 8.16. The predicted octanol–water partition coefficient (Wildman–Crippen LogP) is 3.81. The third-order valence-corrected chi connectivity index (χ3v) is 4.92. The average Bonchev–Trinajstić information content (AvgIpc) is 2.82. The lowest BCUT2D eigenvalue weighted by Crippen LogP contribution is -2.15. The third-order valence-electron chi connectivity index (χ3n) is 3.42. The Morgan fingerprint density at radius 3 is 2.76 bits per heavy atom. The molecule has 1 aliphatic carbocycles.